The molecule has 0 aliphatic carbocycles. The third-order valence-electron chi connectivity index (χ3n) is 2.74. The van der Waals surface area contributed by atoms with Crippen LogP contribution < -0.4 is 14.8 Å². The van der Waals surface area contributed by atoms with Gasteiger partial charge in [-0.15, -0.1) is 0 Å². The van der Waals surface area contributed by atoms with Crippen molar-refractivity contribution in [1.29, 1.82) is 0 Å². The normalized spacial score (nSPS) is 10.3. The van der Waals surface area contributed by atoms with Gasteiger partial charge in [0.2, 0.25) is 6.20 Å². The Labute approximate surface area is 110 Å². The van der Waals surface area contributed by atoms with Crippen molar-refractivity contribution in [1.82, 2.24) is 0 Å². The Balaban J connectivity index is 2.21. The fourth-order valence-electron chi connectivity index (χ4n) is 1.69. The standard InChI is InChI=1S/C14H15F2N2O/c1-10-6-7-18(17-2)14(8-10)19-9-11-12(15)4-3-5-13(11)16/h3-8,17H,9H2,1-2H3/q+1. The van der Waals surface area contributed by atoms with Crippen molar-refractivity contribution < 1.29 is 18.2 Å². The zero-order chi connectivity index (χ0) is 13.8. The van der Waals surface area contributed by atoms with Crippen molar-refractivity contribution in [2.75, 3.05) is 12.5 Å². The summed E-state index contributed by atoms with van der Waals surface area (Å²) in [5.74, 6) is -0.725. The van der Waals surface area contributed by atoms with Gasteiger partial charge >= 0.3 is 5.88 Å². The average Bonchev–Trinajstić information content (AvgIpc) is 2.38. The molecular weight excluding hydrogens is 250 g/mol. The molecule has 0 aliphatic rings. The van der Waals surface area contributed by atoms with Gasteiger partial charge in [-0.25, -0.2) is 8.78 Å². The summed E-state index contributed by atoms with van der Waals surface area (Å²) in [6.07, 6.45) is 1.78. The van der Waals surface area contributed by atoms with E-state index >= 15 is 0 Å². The van der Waals surface area contributed by atoms with Gasteiger partial charge in [0.05, 0.1) is 18.7 Å². The van der Waals surface area contributed by atoms with Crippen molar-refractivity contribution in [2.45, 2.75) is 13.5 Å². The highest BCUT2D eigenvalue weighted by Gasteiger charge is 2.14. The summed E-state index contributed by atoms with van der Waals surface area (Å²) in [5.41, 5.74) is 3.81. The number of benzene rings is 1. The number of pyridine rings is 1. The van der Waals surface area contributed by atoms with E-state index in [0.717, 1.165) is 5.56 Å². The topological polar surface area (TPSA) is 25.1 Å². The van der Waals surface area contributed by atoms with E-state index in [1.54, 1.807) is 24.0 Å². The van der Waals surface area contributed by atoms with Crippen LogP contribution in [0.1, 0.15) is 11.1 Å². The largest absolute Gasteiger partial charge is 0.437 e. The first kappa shape index (κ1) is 13.3. The van der Waals surface area contributed by atoms with Crippen LogP contribution in [-0.4, -0.2) is 7.05 Å². The second-order valence-corrected chi connectivity index (χ2v) is 4.12. The lowest BCUT2D eigenvalue weighted by Crippen LogP contribution is -2.43. The van der Waals surface area contributed by atoms with Crippen molar-refractivity contribution in [3.63, 3.8) is 0 Å². The Bertz CT molecular complexity index is 567. The number of nitrogens with one attached hydrogen (secondary N) is 1. The van der Waals surface area contributed by atoms with Crippen molar-refractivity contribution >= 4 is 0 Å². The lowest BCUT2D eigenvalue weighted by Gasteiger charge is -2.07. The van der Waals surface area contributed by atoms with Crippen LogP contribution in [0.3, 0.4) is 0 Å². The number of aromatic nitrogens is 1. The molecule has 0 amide bonds. The Hall–Kier alpha value is -2.17. The lowest BCUT2D eigenvalue weighted by molar-refractivity contribution is -0.654. The maximum absolute atomic E-state index is 13.5. The van der Waals surface area contributed by atoms with E-state index in [1.807, 2.05) is 13.0 Å². The number of rotatable bonds is 4. The number of aryl methyl sites for hydroxylation is 1. The number of halogens is 2. The predicted molar refractivity (Wildman–Crippen MR) is 67.3 cm³/mol. The summed E-state index contributed by atoms with van der Waals surface area (Å²) in [6.45, 7) is 1.75. The molecule has 0 atom stereocenters. The van der Waals surface area contributed by atoms with Gasteiger partial charge in [-0.2, -0.15) is 5.43 Å². The quantitative estimate of drug-likeness (QED) is 0.858. The fraction of sp³-hybridized carbons (Fsp3) is 0.214. The molecular formula is C14H15F2N2O+. The Kier molecular flexibility index (Phi) is 3.94. The van der Waals surface area contributed by atoms with Gasteiger partial charge in [0.15, 0.2) is 0 Å². The average molecular weight is 265 g/mol. The minimum atomic E-state index is -0.608. The second kappa shape index (κ2) is 5.65. The first-order valence-corrected chi connectivity index (χ1v) is 5.87. The molecule has 1 aromatic heterocycles. The molecule has 0 aliphatic heterocycles. The summed E-state index contributed by atoms with van der Waals surface area (Å²) in [5, 5.41) is 0. The lowest BCUT2D eigenvalue weighted by atomic mass is 10.2. The van der Waals surface area contributed by atoms with Crippen LogP contribution in [-0.2, 0) is 6.61 Å². The first-order chi connectivity index (χ1) is 9.11. The zero-order valence-corrected chi connectivity index (χ0v) is 10.8. The number of hydrogen-bond acceptors (Lipinski definition) is 2. The molecule has 0 saturated heterocycles. The van der Waals surface area contributed by atoms with E-state index in [4.69, 9.17) is 4.74 Å². The van der Waals surface area contributed by atoms with E-state index in [9.17, 15) is 8.78 Å². The number of hydrogen-bond donors (Lipinski definition) is 1. The summed E-state index contributed by atoms with van der Waals surface area (Å²) in [4.78, 5) is 0. The zero-order valence-electron chi connectivity index (χ0n) is 10.8. The highest BCUT2D eigenvalue weighted by molar-refractivity contribution is 5.20. The van der Waals surface area contributed by atoms with E-state index < -0.39 is 11.6 Å². The van der Waals surface area contributed by atoms with Crippen molar-refractivity contribution in [2.24, 2.45) is 0 Å². The maximum atomic E-state index is 13.5. The van der Waals surface area contributed by atoms with Crippen LogP contribution in [0.5, 0.6) is 5.88 Å². The molecule has 0 saturated carbocycles. The summed E-state index contributed by atoms with van der Waals surface area (Å²) < 4.78 is 34.1. The Morgan fingerprint density at radius 2 is 1.89 bits per heavy atom. The van der Waals surface area contributed by atoms with E-state index in [1.165, 1.54) is 18.2 Å². The molecule has 0 bridgehead atoms. The molecule has 19 heavy (non-hydrogen) atoms. The minimum absolute atomic E-state index is 0.0772. The van der Waals surface area contributed by atoms with Gasteiger partial charge in [-0.05, 0) is 24.6 Å². The van der Waals surface area contributed by atoms with Crippen LogP contribution in [0.15, 0.2) is 36.5 Å². The molecule has 5 heteroatoms. The summed E-state index contributed by atoms with van der Waals surface area (Å²) in [7, 11) is 1.73. The molecule has 100 valence electrons. The molecule has 0 fully saturated rings. The van der Waals surface area contributed by atoms with Gasteiger partial charge < -0.3 is 4.74 Å². The maximum Gasteiger partial charge on any atom is 0.397 e. The van der Waals surface area contributed by atoms with Crippen LogP contribution >= 0.6 is 0 Å². The van der Waals surface area contributed by atoms with Gasteiger partial charge in [0, 0.05) is 6.07 Å². The van der Waals surface area contributed by atoms with Gasteiger partial charge in [-0.1, -0.05) is 10.7 Å². The second-order valence-electron chi connectivity index (χ2n) is 4.12. The van der Waals surface area contributed by atoms with Crippen LogP contribution in [0, 0.1) is 18.6 Å². The van der Waals surface area contributed by atoms with Gasteiger partial charge in [0.1, 0.15) is 18.2 Å². The van der Waals surface area contributed by atoms with E-state index in [-0.39, 0.29) is 12.2 Å². The van der Waals surface area contributed by atoms with Crippen LogP contribution in [0.25, 0.3) is 0 Å². The monoisotopic (exact) mass is 265 g/mol. The molecule has 0 radical (unpaired) electrons. The predicted octanol–water partition coefficient (Wildman–Crippen LogP) is 2.31. The third kappa shape index (κ3) is 2.99. The highest BCUT2D eigenvalue weighted by atomic mass is 19.1. The molecule has 1 N–H and O–H groups in total. The first-order valence-electron chi connectivity index (χ1n) is 5.87. The van der Waals surface area contributed by atoms with E-state index in [0.29, 0.717) is 5.88 Å². The van der Waals surface area contributed by atoms with Crippen molar-refractivity contribution in [3.8, 4) is 5.88 Å². The van der Waals surface area contributed by atoms with Crippen molar-refractivity contribution in [3.05, 3.63) is 59.3 Å². The highest BCUT2D eigenvalue weighted by Crippen LogP contribution is 2.15. The summed E-state index contributed by atoms with van der Waals surface area (Å²) in [6, 6.07) is 7.44. The summed E-state index contributed by atoms with van der Waals surface area (Å²) >= 11 is 0. The fourth-order valence-corrected chi connectivity index (χ4v) is 1.69. The molecule has 1 aromatic carbocycles. The van der Waals surface area contributed by atoms with Gasteiger partial charge in [-0.3, -0.25) is 0 Å². The Morgan fingerprint density at radius 1 is 1.21 bits per heavy atom. The molecule has 2 aromatic rings. The molecule has 3 nitrogen and oxygen atoms in total. The molecule has 2 rings (SSSR count). The number of nitrogens with zero attached hydrogens (tertiary/aromatic N) is 1. The third-order valence-corrected chi connectivity index (χ3v) is 2.74. The molecule has 0 unspecified atom stereocenters. The smallest absolute Gasteiger partial charge is 0.397 e. The molecule has 1 heterocycles. The number of ether oxygens (including phenoxy) is 1. The molecule has 0 spiro atoms. The minimum Gasteiger partial charge on any atom is -0.437 e. The SMILES string of the molecule is CN[n+]1ccc(C)cc1OCc1c(F)cccc1F. The van der Waals surface area contributed by atoms with Crippen LogP contribution in [0.2, 0.25) is 0 Å². The van der Waals surface area contributed by atoms with Gasteiger partial charge in [0.25, 0.3) is 0 Å². The van der Waals surface area contributed by atoms with Crippen LogP contribution in [0.4, 0.5) is 8.78 Å². The Morgan fingerprint density at radius 3 is 2.53 bits per heavy atom. The van der Waals surface area contributed by atoms with E-state index in [2.05, 4.69) is 5.43 Å².